The lowest BCUT2D eigenvalue weighted by Crippen LogP contribution is -2.46. The first kappa shape index (κ1) is 41.5. The van der Waals surface area contributed by atoms with E-state index in [1.807, 2.05) is 11.0 Å². The van der Waals surface area contributed by atoms with Gasteiger partial charge in [-0.15, -0.1) is 11.3 Å². The van der Waals surface area contributed by atoms with Crippen LogP contribution in [0.15, 0.2) is 40.9 Å². The van der Waals surface area contributed by atoms with Gasteiger partial charge in [0, 0.05) is 48.7 Å². The molecule has 1 aliphatic rings. The Kier molecular flexibility index (Phi) is 17.6. The summed E-state index contributed by atoms with van der Waals surface area (Å²) in [7, 11) is 0. The van der Waals surface area contributed by atoms with Gasteiger partial charge in [-0.3, -0.25) is 14.4 Å². The number of rotatable bonds is 21. The summed E-state index contributed by atoms with van der Waals surface area (Å²) in [6.45, 7) is 6.10. The van der Waals surface area contributed by atoms with Crippen LogP contribution in [0.5, 0.6) is 0 Å². The first-order valence-electron chi connectivity index (χ1n) is 17.8. The molecule has 52 heavy (non-hydrogen) atoms. The van der Waals surface area contributed by atoms with Crippen molar-refractivity contribution in [2.75, 3.05) is 38.0 Å². The van der Waals surface area contributed by atoms with Crippen LogP contribution >= 0.6 is 11.3 Å². The molecule has 2 aromatic rings. The number of alkyl carbamates (subject to hydrolysis) is 1. The second-order valence-corrected chi connectivity index (χ2v) is 13.6. The van der Waals surface area contributed by atoms with E-state index in [4.69, 9.17) is 21.9 Å². The summed E-state index contributed by atoms with van der Waals surface area (Å²) in [4.78, 5) is 69.6. The Labute approximate surface area is 309 Å². The molecule has 0 spiro atoms. The van der Waals surface area contributed by atoms with Gasteiger partial charge in [-0.05, 0) is 74.8 Å². The molecule has 10 N–H and O–H groups in total. The number of aliphatic imine (C=N–C) groups is 1. The van der Waals surface area contributed by atoms with Crippen LogP contribution in [0, 0.1) is 0 Å². The summed E-state index contributed by atoms with van der Waals surface area (Å²) in [6, 6.07) is 7.31. The number of nitrogens with zero attached hydrogens (tertiary/aromatic N) is 2. The summed E-state index contributed by atoms with van der Waals surface area (Å²) in [5, 5.41) is 10.5. The molecule has 6 amide bonds. The van der Waals surface area contributed by atoms with Crippen molar-refractivity contribution >= 4 is 64.5 Å². The van der Waals surface area contributed by atoms with E-state index in [0.29, 0.717) is 36.5 Å². The Bertz CT molecular complexity index is 1570. The van der Waals surface area contributed by atoms with E-state index >= 15 is 0 Å². The van der Waals surface area contributed by atoms with Crippen molar-refractivity contribution < 1.29 is 28.7 Å². The van der Waals surface area contributed by atoms with Crippen LogP contribution in [0.3, 0.4) is 0 Å². The van der Waals surface area contributed by atoms with Gasteiger partial charge in [0.1, 0.15) is 18.5 Å². The van der Waals surface area contributed by atoms with Crippen molar-refractivity contribution in [2.45, 2.75) is 84.3 Å². The molecular weight excluding hydrogens is 687 g/mol. The number of fused-ring (bicyclic) bond motifs is 1. The van der Waals surface area contributed by atoms with Gasteiger partial charge in [0.05, 0.1) is 17.1 Å². The molecule has 16 heteroatoms. The van der Waals surface area contributed by atoms with Gasteiger partial charge in [0.2, 0.25) is 17.7 Å². The number of anilines is 1. The predicted octanol–water partition coefficient (Wildman–Crippen LogP) is 3.64. The van der Waals surface area contributed by atoms with Crippen LogP contribution in [0.4, 0.5) is 21.0 Å². The number of nitrogens with one attached hydrogen (secondary N) is 4. The van der Waals surface area contributed by atoms with E-state index in [0.717, 1.165) is 67.7 Å². The fraction of sp³-hybridized carbons (Fsp3) is 0.500. The Balaban J connectivity index is 1.37. The van der Waals surface area contributed by atoms with Crippen molar-refractivity contribution in [1.29, 1.82) is 0 Å². The lowest BCUT2D eigenvalue weighted by Gasteiger charge is -2.22. The molecule has 0 saturated heterocycles. The molecular formula is C36H53N9O6S. The van der Waals surface area contributed by atoms with Crippen molar-refractivity contribution in [1.82, 2.24) is 20.9 Å². The largest absolute Gasteiger partial charge is 0.445 e. The van der Waals surface area contributed by atoms with Gasteiger partial charge < -0.3 is 48.1 Å². The van der Waals surface area contributed by atoms with Crippen LogP contribution < -0.4 is 38.5 Å². The minimum absolute atomic E-state index is 0.0294. The highest BCUT2D eigenvalue weighted by atomic mass is 32.1. The fourth-order valence-corrected chi connectivity index (χ4v) is 6.61. The average molecular weight is 740 g/mol. The maximum absolute atomic E-state index is 13.2. The van der Waals surface area contributed by atoms with Gasteiger partial charge in [0.25, 0.3) is 0 Å². The van der Waals surface area contributed by atoms with E-state index in [1.165, 1.54) is 4.88 Å². The number of benzene rings is 1. The molecule has 3 rings (SSSR count). The first-order valence-corrected chi connectivity index (χ1v) is 18.6. The van der Waals surface area contributed by atoms with E-state index in [-0.39, 0.29) is 32.0 Å². The average Bonchev–Trinajstić information content (AvgIpc) is 3.41. The normalized spacial score (nSPS) is 12.7. The monoisotopic (exact) mass is 739 g/mol. The van der Waals surface area contributed by atoms with Gasteiger partial charge in [-0.2, -0.15) is 0 Å². The Morgan fingerprint density at radius 3 is 2.37 bits per heavy atom. The number of thiophene rings is 1. The second kappa shape index (κ2) is 22.1. The Morgan fingerprint density at radius 1 is 0.981 bits per heavy atom. The van der Waals surface area contributed by atoms with Crippen LogP contribution in [0.25, 0.3) is 6.08 Å². The van der Waals surface area contributed by atoms with Crippen LogP contribution in [0.2, 0.25) is 0 Å². The number of amides is 6. The second-order valence-electron chi connectivity index (χ2n) is 12.5. The van der Waals surface area contributed by atoms with Crippen LogP contribution in [0.1, 0.15) is 80.5 Å². The zero-order valence-electron chi connectivity index (χ0n) is 30.1. The number of unbranched alkanes of at least 4 members (excludes halogenated alkanes) is 2. The Hall–Kier alpha value is -4.96. The third-order valence-corrected chi connectivity index (χ3v) is 9.18. The fourth-order valence-electron chi connectivity index (χ4n) is 5.50. The highest BCUT2D eigenvalue weighted by Gasteiger charge is 2.23. The van der Waals surface area contributed by atoms with Gasteiger partial charge >= 0.3 is 12.1 Å². The quantitative estimate of drug-likeness (QED) is 0.0931. The molecule has 1 atom stereocenters. The van der Waals surface area contributed by atoms with Crippen molar-refractivity contribution in [3.63, 3.8) is 0 Å². The zero-order valence-corrected chi connectivity index (χ0v) is 30.9. The number of urea groups is 1. The standard InChI is InChI=1S/C36H53N9O6S/c1-3-17-45(18-4-2)34(48)25-19-30-29(43-31(38)20-25)21-27(52-30)9-6-5-7-15-41-36(50)51-23-24-11-13-26(14-12-24)42-33(47)28(44-32(46)22-37)10-8-16-40-35(39)49/h11-14,19,21,28H,3-10,15-18,20,22-23,37H2,1-2H3,(H2,38,43)(H,41,50)(H,42,47)(H,44,46)(H3,39,40,49)/t28-/m0/s1. The number of carbonyl (C=O) groups is 5. The van der Waals surface area contributed by atoms with E-state index in [2.05, 4.69) is 46.2 Å². The maximum atomic E-state index is 13.2. The van der Waals surface area contributed by atoms with Crippen molar-refractivity contribution in [2.24, 2.45) is 22.2 Å². The molecule has 0 aliphatic carbocycles. The minimum atomic E-state index is -0.853. The van der Waals surface area contributed by atoms with E-state index < -0.39 is 30.0 Å². The summed E-state index contributed by atoms with van der Waals surface area (Å²) < 4.78 is 5.33. The molecule has 1 aromatic carbocycles. The molecule has 1 aliphatic heterocycles. The molecule has 0 saturated carbocycles. The molecule has 0 radical (unpaired) electrons. The number of ether oxygens (including phenoxy) is 1. The third kappa shape index (κ3) is 14.3. The Morgan fingerprint density at radius 2 is 1.69 bits per heavy atom. The highest BCUT2D eigenvalue weighted by Crippen LogP contribution is 2.35. The highest BCUT2D eigenvalue weighted by molar-refractivity contribution is 7.13. The van der Waals surface area contributed by atoms with Crippen LogP contribution in [-0.4, -0.2) is 79.3 Å². The topological polar surface area (TPSA) is 236 Å². The van der Waals surface area contributed by atoms with Gasteiger partial charge in [0.15, 0.2) is 0 Å². The predicted molar refractivity (Wildman–Crippen MR) is 204 cm³/mol. The maximum Gasteiger partial charge on any atom is 0.407 e. The number of hydrogen-bond acceptors (Lipinski definition) is 10. The van der Waals surface area contributed by atoms with Crippen LogP contribution in [-0.2, 0) is 32.1 Å². The SMILES string of the molecule is CCCN(CCC)C(=O)C1=Cc2sc(CCCCCNC(=O)OCc3ccc(NC(=O)[C@H](CCCNC(N)=O)NC(=O)CN)cc3)cc2N=C(N)C1. The number of amidine groups is 1. The summed E-state index contributed by atoms with van der Waals surface area (Å²) in [6.07, 6.45) is 7.75. The van der Waals surface area contributed by atoms with E-state index in [1.54, 1.807) is 35.6 Å². The van der Waals surface area contributed by atoms with E-state index in [9.17, 15) is 24.0 Å². The number of aryl methyl sites for hydroxylation is 1. The lowest BCUT2D eigenvalue weighted by molar-refractivity contribution is -0.127. The summed E-state index contributed by atoms with van der Waals surface area (Å²) in [5.74, 6) is -0.443. The number of primary amides is 1. The van der Waals surface area contributed by atoms with Crippen molar-refractivity contribution in [3.8, 4) is 0 Å². The molecule has 0 fully saturated rings. The summed E-state index contributed by atoms with van der Waals surface area (Å²) >= 11 is 1.64. The molecule has 1 aromatic heterocycles. The van der Waals surface area contributed by atoms with Gasteiger partial charge in [-0.25, -0.2) is 14.6 Å². The molecule has 284 valence electrons. The molecule has 15 nitrogen and oxygen atoms in total. The molecule has 2 heterocycles. The zero-order chi connectivity index (χ0) is 37.9. The molecule has 0 unspecified atom stereocenters. The lowest BCUT2D eigenvalue weighted by atomic mass is 10.1. The number of nitrogens with two attached hydrogens (primary N) is 3. The first-order chi connectivity index (χ1) is 25.0. The number of carbonyl (C=O) groups excluding carboxylic acids is 5. The van der Waals surface area contributed by atoms with Gasteiger partial charge in [-0.1, -0.05) is 32.4 Å². The molecule has 0 bridgehead atoms. The van der Waals surface area contributed by atoms with Crippen molar-refractivity contribution in [3.05, 3.63) is 51.2 Å². The smallest absolute Gasteiger partial charge is 0.407 e. The third-order valence-electron chi connectivity index (χ3n) is 8.05. The number of hydrogen-bond donors (Lipinski definition) is 7. The minimum Gasteiger partial charge on any atom is -0.445 e. The summed E-state index contributed by atoms with van der Waals surface area (Å²) in [5.41, 5.74) is 19.3.